The molecule has 0 bridgehead atoms. The molecule has 0 spiro atoms. The van der Waals surface area contributed by atoms with Crippen LogP contribution in [0.2, 0.25) is 0 Å². The molecule has 1 aliphatic rings. The van der Waals surface area contributed by atoms with Gasteiger partial charge in [-0.2, -0.15) is 0 Å². The highest BCUT2D eigenvalue weighted by atomic mass is 16.5. The fraction of sp³-hybridized carbons (Fsp3) is 0.385. The summed E-state index contributed by atoms with van der Waals surface area (Å²) >= 11 is 0. The van der Waals surface area contributed by atoms with Crippen LogP contribution in [0.5, 0.6) is 0 Å². The second-order valence-corrected chi connectivity index (χ2v) is 8.20. The molecule has 0 aliphatic carbocycles. The van der Waals surface area contributed by atoms with Crippen LogP contribution in [0.4, 0.5) is 0 Å². The molecule has 1 aliphatic heterocycles. The summed E-state index contributed by atoms with van der Waals surface area (Å²) in [7, 11) is 1.59. The maximum absolute atomic E-state index is 13.3. The summed E-state index contributed by atoms with van der Waals surface area (Å²) in [5.41, 5.74) is 7.70. The van der Waals surface area contributed by atoms with Gasteiger partial charge in [-0.25, -0.2) is 4.79 Å². The molecule has 0 saturated carbocycles. The molecular formula is C26H32N2O4. The van der Waals surface area contributed by atoms with Gasteiger partial charge < -0.3 is 18.9 Å². The molecule has 3 rings (SSSR count). The molecule has 0 atom stereocenters. The number of benzene rings is 1. The highest BCUT2D eigenvalue weighted by Gasteiger charge is 2.37. The molecule has 0 N–H and O–H groups in total. The standard InChI is InChI=1S/C26H32N2O4/c1-8-32-26(30)24-20(6)27(9-10-31-7)25(29)23(24)15-21-14-18(4)28(19(21)5)22-12-16(2)11-17(3)13-22/h11-15H,8-10H2,1-7H3/b23-15-. The van der Waals surface area contributed by atoms with Crippen molar-refractivity contribution in [3.05, 3.63) is 69.2 Å². The van der Waals surface area contributed by atoms with Gasteiger partial charge in [0.15, 0.2) is 0 Å². The molecule has 1 amide bonds. The van der Waals surface area contributed by atoms with E-state index < -0.39 is 5.97 Å². The Kier molecular flexibility index (Phi) is 7.04. The Balaban J connectivity index is 2.11. The molecule has 32 heavy (non-hydrogen) atoms. The lowest BCUT2D eigenvalue weighted by Crippen LogP contribution is -2.28. The third kappa shape index (κ3) is 4.41. The van der Waals surface area contributed by atoms with Gasteiger partial charge in [0.25, 0.3) is 5.91 Å². The molecule has 0 saturated heterocycles. The molecule has 6 nitrogen and oxygen atoms in total. The number of carbonyl (C=O) groups excluding carboxylic acids is 2. The first-order chi connectivity index (χ1) is 15.2. The number of carbonyl (C=O) groups is 2. The van der Waals surface area contributed by atoms with Crippen LogP contribution in [-0.4, -0.2) is 48.2 Å². The van der Waals surface area contributed by atoms with E-state index in [4.69, 9.17) is 9.47 Å². The van der Waals surface area contributed by atoms with Crippen LogP contribution in [0.3, 0.4) is 0 Å². The lowest BCUT2D eigenvalue weighted by molar-refractivity contribution is -0.138. The van der Waals surface area contributed by atoms with Gasteiger partial charge in [-0.15, -0.1) is 0 Å². The maximum Gasteiger partial charge on any atom is 0.340 e. The van der Waals surface area contributed by atoms with Crippen molar-refractivity contribution < 1.29 is 19.1 Å². The number of hydrogen-bond acceptors (Lipinski definition) is 4. The molecule has 2 aromatic rings. The number of ether oxygens (including phenoxy) is 2. The van der Waals surface area contributed by atoms with Crippen molar-refractivity contribution in [2.75, 3.05) is 26.9 Å². The van der Waals surface area contributed by atoms with Gasteiger partial charge in [-0.3, -0.25) is 4.79 Å². The zero-order chi connectivity index (χ0) is 23.6. The number of methoxy groups -OCH3 is 1. The van der Waals surface area contributed by atoms with Crippen molar-refractivity contribution >= 4 is 18.0 Å². The van der Waals surface area contributed by atoms with E-state index in [0.29, 0.717) is 30.0 Å². The first-order valence-corrected chi connectivity index (χ1v) is 10.9. The van der Waals surface area contributed by atoms with Crippen LogP contribution >= 0.6 is 0 Å². The molecule has 0 unspecified atom stereocenters. The third-order valence-corrected chi connectivity index (χ3v) is 5.74. The highest BCUT2D eigenvalue weighted by Crippen LogP contribution is 2.33. The fourth-order valence-corrected chi connectivity index (χ4v) is 4.35. The third-order valence-electron chi connectivity index (χ3n) is 5.74. The minimum atomic E-state index is -0.479. The number of aryl methyl sites for hydroxylation is 3. The quantitative estimate of drug-likeness (QED) is 0.476. The first kappa shape index (κ1) is 23.5. The molecule has 0 radical (unpaired) electrons. The number of amides is 1. The largest absolute Gasteiger partial charge is 0.462 e. The Morgan fingerprint density at radius 2 is 1.69 bits per heavy atom. The number of aromatic nitrogens is 1. The summed E-state index contributed by atoms with van der Waals surface area (Å²) in [6.07, 6.45) is 1.81. The Morgan fingerprint density at radius 1 is 1.03 bits per heavy atom. The Bertz CT molecular complexity index is 1100. The lowest BCUT2D eigenvalue weighted by Gasteiger charge is -2.16. The van der Waals surface area contributed by atoms with Crippen LogP contribution in [0.25, 0.3) is 11.8 Å². The van der Waals surface area contributed by atoms with Crippen molar-refractivity contribution in [3.63, 3.8) is 0 Å². The number of rotatable bonds is 7. The SMILES string of the molecule is CCOC(=O)C1=C(C)N(CCOC)C(=O)/C1=C\c1cc(C)n(-c2cc(C)cc(C)c2)c1C. The first-order valence-electron chi connectivity index (χ1n) is 10.9. The number of nitrogens with zero attached hydrogens (tertiary/aromatic N) is 2. The maximum atomic E-state index is 13.3. The van der Waals surface area contributed by atoms with E-state index in [-0.39, 0.29) is 12.5 Å². The van der Waals surface area contributed by atoms with Crippen LogP contribution < -0.4 is 0 Å². The van der Waals surface area contributed by atoms with E-state index in [0.717, 1.165) is 22.6 Å². The van der Waals surface area contributed by atoms with Crippen LogP contribution in [0.15, 0.2) is 41.1 Å². The zero-order valence-corrected chi connectivity index (χ0v) is 20.0. The van der Waals surface area contributed by atoms with Crippen molar-refractivity contribution in [1.29, 1.82) is 0 Å². The van der Waals surface area contributed by atoms with E-state index in [9.17, 15) is 9.59 Å². The summed E-state index contributed by atoms with van der Waals surface area (Å²) in [4.78, 5) is 27.6. The molecule has 170 valence electrons. The Hall–Kier alpha value is -3.12. The summed E-state index contributed by atoms with van der Waals surface area (Å²) in [6.45, 7) is 12.8. The molecule has 1 aromatic carbocycles. The molecule has 6 heteroatoms. The minimum absolute atomic E-state index is 0.209. The predicted molar refractivity (Wildman–Crippen MR) is 126 cm³/mol. The van der Waals surface area contributed by atoms with Crippen molar-refractivity contribution in [2.45, 2.75) is 41.5 Å². The van der Waals surface area contributed by atoms with E-state index in [1.165, 1.54) is 11.1 Å². The average Bonchev–Trinajstić information content (AvgIpc) is 3.12. The second-order valence-electron chi connectivity index (χ2n) is 8.20. The number of hydrogen-bond donors (Lipinski definition) is 0. The number of esters is 1. The van der Waals surface area contributed by atoms with Crippen LogP contribution in [0, 0.1) is 27.7 Å². The van der Waals surface area contributed by atoms with Gasteiger partial charge in [0.1, 0.15) is 0 Å². The molecular weight excluding hydrogens is 404 g/mol. The van der Waals surface area contributed by atoms with E-state index in [1.54, 1.807) is 25.9 Å². The molecule has 0 fully saturated rings. The van der Waals surface area contributed by atoms with Gasteiger partial charge in [0.05, 0.1) is 24.4 Å². The normalized spacial score (nSPS) is 15.3. The molecule has 2 heterocycles. The van der Waals surface area contributed by atoms with Crippen molar-refractivity contribution in [3.8, 4) is 5.69 Å². The predicted octanol–water partition coefficient (Wildman–Crippen LogP) is 4.42. The summed E-state index contributed by atoms with van der Waals surface area (Å²) in [5, 5.41) is 0. The van der Waals surface area contributed by atoms with E-state index in [2.05, 4.69) is 36.6 Å². The van der Waals surface area contributed by atoms with Gasteiger partial charge in [-0.05, 0) is 82.5 Å². The topological polar surface area (TPSA) is 60.8 Å². The van der Waals surface area contributed by atoms with Gasteiger partial charge in [0.2, 0.25) is 0 Å². The summed E-state index contributed by atoms with van der Waals surface area (Å²) in [6, 6.07) is 8.48. The highest BCUT2D eigenvalue weighted by molar-refractivity contribution is 6.16. The van der Waals surface area contributed by atoms with Crippen LogP contribution in [-0.2, 0) is 19.1 Å². The van der Waals surface area contributed by atoms with Gasteiger partial charge >= 0.3 is 5.97 Å². The van der Waals surface area contributed by atoms with Crippen molar-refractivity contribution in [2.24, 2.45) is 0 Å². The minimum Gasteiger partial charge on any atom is -0.462 e. The van der Waals surface area contributed by atoms with E-state index in [1.807, 2.05) is 26.0 Å². The summed E-state index contributed by atoms with van der Waals surface area (Å²) < 4.78 is 12.6. The number of allylic oxidation sites excluding steroid dienone is 1. The lowest BCUT2D eigenvalue weighted by atomic mass is 10.0. The van der Waals surface area contributed by atoms with E-state index >= 15 is 0 Å². The van der Waals surface area contributed by atoms with Crippen molar-refractivity contribution in [1.82, 2.24) is 9.47 Å². The summed E-state index contributed by atoms with van der Waals surface area (Å²) in [5.74, 6) is -0.688. The second kappa shape index (κ2) is 9.57. The monoisotopic (exact) mass is 436 g/mol. The molecule has 1 aromatic heterocycles. The smallest absolute Gasteiger partial charge is 0.340 e. The Morgan fingerprint density at radius 3 is 2.28 bits per heavy atom. The average molecular weight is 437 g/mol. The Labute approximate surface area is 190 Å². The van der Waals surface area contributed by atoms with Crippen LogP contribution in [0.1, 0.15) is 41.9 Å². The zero-order valence-electron chi connectivity index (χ0n) is 20.0. The fourth-order valence-electron chi connectivity index (χ4n) is 4.35. The van der Waals surface area contributed by atoms with Gasteiger partial charge in [-0.1, -0.05) is 6.07 Å². The van der Waals surface area contributed by atoms with Gasteiger partial charge in [0, 0.05) is 36.4 Å².